The second-order valence-corrected chi connectivity index (χ2v) is 6.64. The van der Waals surface area contributed by atoms with Crippen LogP contribution in [-0.4, -0.2) is 36.2 Å². The van der Waals surface area contributed by atoms with Crippen molar-refractivity contribution in [3.63, 3.8) is 0 Å². The Morgan fingerprint density at radius 1 is 0.913 bits per heavy atom. The van der Waals surface area contributed by atoms with E-state index in [1.807, 2.05) is 12.1 Å². The summed E-state index contributed by atoms with van der Waals surface area (Å²) in [6.45, 7) is 4.29. The molecule has 0 aliphatic carbocycles. The van der Waals surface area contributed by atoms with E-state index in [-0.39, 0.29) is 5.41 Å². The van der Waals surface area contributed by atoms with Crippen molar-refractivity contribution in [3.05, 3.63) is 71.8 Å². The molecule has 2 atom stereocenters. The molecule has 2 rings (SSSR count). The minimum atomic E-state index is -0.422. The maximum Gasteiger partial charge on any atom is 0.0675 e. The lowest BCUT2D eigenvalue weighted by molar-refractivity contribution is 0.0773. The van der Waals surface area contributed by atoms with Crippen molar-refractivity contribution >= 4 is 0 Å². The van der Waals surface area contributed by atoms with Crippen molar-refractivity contribution in [2.45, 2.75) is 44.2 Å². The zero-order valence-corrected chi connectivity index (χ0v) is 14.7. The summed E-state index contributed by atoms with van der Waals surface area (Å²) >= 11 is 0. The van der Waals surface area contributed by atoms with Crippen LogP contribution in [0.3, 0.4) is 0 Å². The largest absolute Gasteiger partial charge is 0.392 e. The highest BCUT2D eigenvalue weighted by Crippen LogP contribution is 2.41. The Balaban J connectivity index is 2.63. The van der Waals surface area contributed by atoms with E-state index in [1.165, 1.54) is 11.1 Å². The molecule has 2 aromatic rings. The van der Waals surface area contributed by atoms with Crippen LogP contribution < -0.4 is 0 Å². The van der Waals surface area contributed by atoms with Gasteiger partial charge in [-0.15, -0.1) is 0 Å². The van der Waals surface area contributed by atoms with Gasteiger partial charge in [0.15, 0.2) is 0 Å². The summed E-state index contributed by atoms with van der Waals surface area (Å²) in [7, 11) is 4.20. The Bertz CT molecular complexity index is 540. The summed E-state index contributed by atoms with van der Waals surface area (Å²) in [4.78, 5) is 2.23. The molecule has 1 N–H and O–H groups in total. The molecule has 2 nitrogen and oxygen atoms in total. The summed E-state index contributed by atoms with van der Waals surface area (Å²) in [6, 6.07) is 21.3. The molecule has 0 spiro atoms. The van der Waals surface area contributed by atoms with Crippen molar-refractivity contribution in [2.24, 2.45) is 0 Å². The van der Waals surface area contributed by atoms with E-state index < -0.39 is 6.10 Å². The van der Waals surface area contributed by atoms with Gasteiger partial charge in [-0.2, -0.15) is 0 Å². The summed E-state index contributed by atoms with van der Waals surface area (Å²) < 4.78 is 0. The Labute approximate surface area is 140 Å². The highest BCUT2D eigenvalue weighted by molar-refractivity contribution is 5.41. The molecule has 124 valence electrons. The zero-order chi connectivity index (χ0) is 16.9. The van der Waals surface area contributed by atoms with E-state index >= 15 is 0 Å². The van der Waals surface area contributed by atoms with Crippen molar-refractivity contribution in [1.29, 1.82) is 0 Å². The Morgan fingerprint density at radius 3 is 1.70 bits per heavy atom. The lowest BCUT2D eigenvalue weighted by Gasteiger charge is -2.42. The van der Waals surface area contributed by atoms with Crippen LogP contribution in [0, 0.1) is 0 Å². The monoisotopic (exact) mass is 311 g/mol. The fourth-order valence-electron chi connectivity index (χ4n) is 3.39. The van der Waals surface area contributed by atoms with Crippen molar-refractivity contribution in [3.8, 4) is 0 Å². The highest BCUT2D eigenvalue weighted by atomic mass is 16.3. The SMILES string of the molecule is CC[C@H](O)C(C[C@@H](C)N(C)C)(c1ccccc1)c1ccccc1. The van der Waals surface area contributed by atoms with Crippen molar-refractivity contribution in [2.75, 3.05) is 14.1 Å². The molecule has 2 heteroatoms. The number of nitrogens with zero attached hydrogens (tertiary/aromatic N) is 1. The number of hydrogen-bond donors (Lipinski definition) is 1. The quantitative estimate of drug-likeness (QED) is 0.832. The van der Waals surface area contributed by atoms with Gasteiger partial charge in [0, 0.05) is 11.5 Å². The molecule has 0 fully saturated rings. The van der Waals surface area contributed by atoms with Crippen LogP contribution in [0.1, 0.15) is 37.8 Å². The summed E-state index contributed by atoms with van der Waals surface area (Å²) in [5, 5.41) is 11.1. The minimum absolute atomic E-state index is 0.358. The number of aliphatic hydroxyl groups excluding tert-OH is 1. The first-order valence-electron chi connectivity index (χ1n) is 8.48. The van der Waals surface area contributed by atoms with Crippen LogP contribution in [0.25, 0.3) is 0 Å². The molecule has 0 heterocycles. The maximum atomic E-state index is 11.1. The Hall–Kier alpha value is -1.64. The van der Waals surface area contributed by atoms with Crippen LogP contribution in [0.4, 0.5) is 0 Å². The Morgan fingerprint density at radius 2 is 1.35 bits per heavy atom. The summed E-state index contributed by atoms with van der Waals surface area (Å²) in [5.74, 6) is 0. The standard InChI is InChI=1S/C21H29NO/c1-5-20(23)21(16-17(2)22(3)4,18-12-8-6-9-13-18)19-14-10-7-11-15-19/h6-15,17,20,23H,5,16H2,1-4H3/t17-,20+/m1/s1. The highest BCUT2D eigenvalue weighted by Gasteiger charge is 2.41. The van der Waals surface area contributed by atoms with Gasteiger partial charge in [-0.3, -0.25) is 0 Å². The van der Waals surface area contributed by atoms with Crippen LogP contribution in [-0.2, 0) is 5.41 Å². The normalized spacial score (nSPS) is 14.7. The molecule has 0 radical (unpaired) electrons. The molecule has 0 unspecified atom stereocenters. The molecule has 0 saturated heterocycles. The third kappa shape index (κ3) is 3.65. The van der Waals surface area contributed by atoms with Gasteiger partial charge in [-0.1, -0.05) is 67.6 Å². The number of rotatable bonds is 7. The minimum Gasteiger partial charge on any atom is -0.392 e. The van der Waals surface area contributed by atoms with Crippen molar-refractivity contribution < 1.29 is 5.11 Å². The molecule has 0 saturated carbocycles. The van der Waals surface area contributed by atoms with Gasteiger partial charge >= 0.3 is 0 Å². The predicted molar refractivity (Wildman–Crippen MR) is 97.7 cm³/mol. The molecular formula is C21H29NO. The lowest BCUT2D eigenvalue weighted by atomic mass is 9.66. The van der Waals surface area contributed by atoms with Gasteiger partial charge in [0.05, 0.1) is 6.10 Å². The number of aliphatic hydroxyl groups is 1. The predicted octanol–water partition coefficient (Wildman–Crippen LogP) is 4.08. The summed E-state index contributed by atoms with van der Waals surface area (Å²) in [6.07, 6.45) is 1.18. The van der Waals surface area contributed by atoms with Crippen LogP contribution in [0.5, 0.6) is 0 Å². The van der Waals surface area contributed by atoms with Gasteiger partial charge in [0.25, 0.3) is 0 Å². The average molecular weight is 311 g/mol. The van der Waals surface area contributed by atoms with Gasteiger partial charge in [0.1, 0.15) is 0 Å². The van der Waals surface area contributed by atoms with Crippen LogP contribution >= 0.6 is 0 Å². The van der Waals surface area contributed by atoms with Crippen LogP contribution in [0.15, 0.2) is 60.7 Å². The molecule has 0 amide bonds. The molecule has 0 bridgehead atoms. The third-order valence-corrected chi connectivity index (χ3v) is 5.03. The van der Waals surface area contributed by atoms with Gasteiger partial charge in [0.2, 0.25) is 0 Å². The van der Waals surface area contributed by atoms with Gasteiger partial charge in [-0.25, -0.2) is 0 Å². The topological polar surface area (TPSA) is 23.5 Å². The third-order valence-electron chi connectivity index (χ3n) is 5.03. The fourth-order valence-corrected chi connectivity index (χ4v) is 3.39. The molecule has 0 aliphatic rings. The first-order chi connectivity index (χ1) is 11.0. The fraction of sp³-hybridized carbons (Fsp3) is 0.429. The second kappa shape index (κ2) is 7.76. The second-order valence-electron chi connectivity index (χ2n) is 6.64. The molecule has 0 aliphatic heterocycles. The van der Waals surface area contributed by atoms with Crippen LogP contribution in [0.2, 0.25) is 0 Å². The first kappa shape index (κ1) is 17.7. The van der Waals surface area contributed by atoms with E-state index in [2.05, 4.69) is 81.4 Å². The number of hydrogen-bond acceptors (Lipinski definition) is 2. The van der Waals surface area contributed by atoms with E-state index in [4.69, 9.17) is 0 Å². The Kier molecular flexibility index (Phi) is 5.97. The average Bonchev–Trinajstić information content (AvgIpc) is 2.60. The molecule has 23 heavy (non-hydrogen) atoms. The maximum absolute atomic E-state index is 11.1. The lowest BCUT2D eigenvalue weighted by Crippen LogP contribution is -2.45. The molecule has 2 aromatic carbocycles. The van der Waals surface area contributed by atoms with E-state index in [0.29, 0.717) is 6.04 Å². The molecule has 0 aromatic heterocycles. The van der Waals surface area contributed by atoms with E-state index in [9.17, 15) is 5.11 Å². The number of benzene rings is 2. The van der Waals surface area contributed by atoms with Crippen molar-refractivity contribution in [1.82, 2.24) is 4.90 Å². The van der Waals surface area contributed by atoms with Gasteiger partial charge < -0.3 is 10.0 Å². The zero-order valence-electron chi connectivity index (χ0n) is 14.7. The molecular weight excluding hydrogens is 282 g/mol. The van der Waals surface area contributed by atoms with Gasteiger partial charge in [-0.05, 0) is 45.0 Å². The van der Waals surface area contributed by atoms with E-state index in [1.54, 1.807) is 0 Å². The first-order valence-corrected chi connectivity index (χ1v) is 8.48. The summed E-state index contributed by atoms with van der Waals surface area (Å²) in [5.41, 5.74) is 1.99. The van der Waals surface area contributed by atoms with E-state index in [0.717, 1.165) is 12.8 Å². The smallest absolute Gasteiger partial charge is 0.0675 e.